The Morgan fingerprint density at radius 1 is 1.13 bits per heavy atom. The smallest absolute Gasteiger partial charge is 0.401 e. The van der Waals surface area contributed by atoms with Gasteiger partial charge in [0.15, 0.2) is 0 Å². The highest BCUT2D eigenvalue weighted by atomic mass is 79.9. The van der Waals surface area contributed by atoms with Crippen molar-refractivity contribution < 1.29 is 27.1 Å². The highest BCUT2D eigenvalue weighted by molar-refractivity contribution is 9.10. The quantitative estimate of drug-likeness (QED) is 0.181. The largest absolute Gasteiger partial charge is 0.462 e. The van der Waals surface area contributed by atoms with Gasteiger partial charge in [-0.15, -0.1) is 0 Å². The Bertz CT molecular complexity index is 1280. The van der Waals surface area contributed by atoms with Gasteiger partial charge < -0.3 is 4.74 Å². The van der Waals surface area contributed by atoms with Crippen LogP contribution >= 0.6 is 50.7 Å². The second-order valence-corrected chi connectivity index (χ2v) is 12.8. The lowest BCUT2D eigenvalue weighted by Gasteiger charge is -2.40. The number of alkyl halides is 3. The Hall–Kier alpha value is -1.35. The van der Waals surface area contributed by atoms with E-state index < -0.39 is 41.9 Å². The van der Waals surface area contributed by atoms with Gasteiger partial charge in [0, 0.05) is 0 Å². The molecule has 11 heteroatoms. The lowest BCUT2D eigenvalue weighted by molar-refractivity contribution is -0.204. The normalized spacial score (nSPS) is 27.5. The predicted molar refractivity (Wildman–Crippen MR) is 149 cm³/mol. The molecule has 2 aliphatic rings. The summed E-state index contributed by atoms with van der Waals surface area (Å²) in [5.74, 6) is -3.12. The molecule has 0 amide bonds. The van der Waals surface area contributed by atoms with Crippen molar-refractivity contribution in [3.05, 3.63) is 66.8 Å². The number of halogens is 8. The van der Waals surface area contributed by atoms with Crippen molar-refractivity contribution in [3.63, 3.8) is 0 Å². The maximum atomic E-state index is 15.3. The maximum absolute atomic E-state index is 15.3. The first-order valence-electron chi connectivity index (χ1n) is 12.6. The number of ether oxygens (including phenoxy) is 1. The van der Waals surface area contributed by atoms with Crippen LogP contribution in [0.2, 0.25) is 15.1 Å². The summed E-state index contributed by atoms with van der Waals surface area (Å²) < 4.78 is 65.9. The van der Waals surface area contributed by atoms with E-state index >= 15 is 13.2 Å². The fourth-order valence-corrected chi connectivity index (χ4v) is 6.78. The van der Waals surface area contributed by atoms with Crippen LogP contribution < -0.4 is 0 Å². The average molecular weight is 672 g/mol. The second kappa shape index (κ2) is 11.5. The minimum Gasteiger partial charge on any atom is -0.462 e. The molecule has 1 heterocycles. The summed E-state index contributed by atoms with van der Waals surface area (Å²) in [6, 6.07) is 5.85. The van der Waals surface area contributed by atoms with Crippen molar-refractivity contribution in [2.24, 2.45) is 28.7 Å². The van der Waals surface area contributed by atoms with Gasteiger partial charge in [-0.25, -0.2) is 4.39 Å². The molecule has 0 aromatic heterocycles. The van der Waals surface area contributed by atoms with Crippen LogP contribution in [0, 0.1) is 29.5 Å². The standard InChI is InChI=1S/C28H27BrCl3F4NO2/c1-13(2)17-6-4-14(3)8-22(17)39-26(38)23-25(15-5-7-21(33)18(29)9-15)37-12-27(23,28(34,35)36)16-10-19(30)24(32)20(31)11-16/h5,7,9-11,13-14,17,22-23H,4,6,8,12H2,1-3H3/t14-,17+,22?,23+,27+/m1/s1. The third kappa shape index (κ3) is 5.73. The van der Waals surface area contributed by atoms with Crippen LogP contribution in [0.15, 0.2) is 39.8 Å². The minimum absolute atomic E-state index is 0.00612. The van der Waals surface area contributed by atoms with Gasteiger partial charge in [-0.05, 0) is 81.9 Å². The van der Waals surface area contributed by atoms with E-state index in [4.69, 9.17) is 39.5 Å². The van der Waals surface area contributed by atoms with Crippen LogP contribution in [0.1, 0.15) is 51.2 Å². The Morgan fingerprint density at radius 2 is 1.77 bits per heavy atom. The van der Waals surface area contributed by atoms with Gasteiger partial charge in [-0.2, -0.15) is 13.2 Å². The zero-order valence-electron chi connectivity index (χ0n) is 21.4. The minimum atomic E-state index is -4.98. The van der Waals surface area contributed by atoms with E-state index in [0.717, 1.165) is 31.0 Å². The number of nitrogens with zero attached hydrogens (tertiary/aromatic N) is 1. The Balaban J connectivity index is 1.88. The highest BCUT2D eigenvalue weighted by Gasteiger charge is 2.67. The maximum Gasteiger partial charge on any atom is 0.401 e. The molecule has 5 atom stereocenters. The van der Waals surface area contributed by atoms with E-state index in [9.17, 15) is 9.18 Å². The van der Waals surface area contributed by atoms with E-state index in [1.54, 1.807) is 0 Å². The summed E-state index contributed by atoms with van der Waals surface area (Å²) in [5.41, 5.74) is -3.18. The molecule has 212 valence electrons. The molecule has 39 heavy (non-hydrogen) atoms. The fraction of sp³-hybridized carbons (Fsp3) is 0.500. The number of esters is 1. The number of carbonyl (C=O) groups excluding carboxylic acids is 1. The zero-order valence-corrected chi connectivity index (χ0v) is 25.2. The van der Waals surface area contributed by atoms with Crippen molar-refractivity contribution in [3.8, 4) is 0 Å². The fourth-order valence-electron chi connectivity index (χ4n) is 5.81. The first-order chi connectivity index (χ1) is 18.2. The molecular formula is C28H27BrCl3F4NO2. The molecule has 1 fully saturated rings. The third-order valence-corrected chi connectivity index (χ3v) is 9.75. The Kier molecular flexibility index (Phi) is 9.02. The van der Waals surface area contributed by atoms with Crippen molar-refractivity contribution >= 4 is 62.4 Å². The Morgan fingerprint density at radius 3 is 2.33 bits per heavy atom. The molecule has 0 radical (unpaired) electrons. The van der Waals surface area contributed by atoms with Gasteiger partial charge in [0.2, 0.25) is 0 Å². The summed E-state index contributed by atoms with van der Waals surface area (Å²) in [5, 5.41) is -0.473. The topological polar surface area (TPSA) is 38.7 Å². The molecule has 0 N–H and O–H groups in total. The summed E-state index contributed by atoms with van der Waals surface area (Å²) in [6.07, 6.45) is -3.22. The summed E-state index contributed by atoms with van der Waals surface area (Å²) in [6.45, 7) is 5.24. The van der Waals surface area contributed by atoms with E-state index in [1.807, 2.05) is 20.8 Å². The highest BCUT2D eigenvalue weighted by Crippen LogP contribution is 2.53. The van der Waals surface area contributed by atoms with Gasteiger partial charge in [0.25, 0.3) is 0 Å². The third-order valence-electron chi connectivity index (χ3n) is 7.95. The Labute approximate surface area is 248 Å². The van der Waals surface area contributed by atoms with E-state index in [-0.39, 0.29) is 54.1 Å². The van der Waals surface area contributed by atoms with Crippen LogP contribution in [0.25, 0.3) is 0 Å². The van der Waals surface area contributed by atoms with Crippen LogP contribution in [-0.4, -0.2) is 30.5 Å². The van der Waals surface area contributed by atoms with Crippen molar-refractivity contribution in [2.75, 3.05) is 6.54 Å². The van der Waals surface area contributed by atoms with Gasteiger partial charge >= 0.3 is 12.1 Å². The van der Waals surface area contributed by atoms with E-state index in [2.05, 4.69) is 20.9 Å². The lowest BCUT2D eigenvalue weighted by atomic mass is 9.68. The number of hydrogen-bond acceptors (Lipinski definition) is 3. The molecule has 1 saturated carbocycles. The van der Waals surface area contributed by atoms with E-state index in [1.165, 1.54) is 12.1 Å². The molecule has 1 unspecified atom stereocenters. The monoisotopic (exact) mass is 669 g/mol. The molecule has 3 nitrogen and oxygen atoms in total. The van der Waals surface area contributed by atoms with Crippen LogP contribution in [0.4, 0.5) is 17.6 Å². The SMILES string of the molecule is CC(C)[C@@H]1CC[C@@H](C)CC1OC(=O)[C@@H]1C(c2ccc(F)c(Br)c2)=NC[C@@]1(c1cc(Cl)c(Cl)c(Cl)c1)C(F)(F)F. The first kappa shape index (κ1) is 30.6. The van der Waals surface area contributed by atoms with E-state index in [0.29, 0.717) is 6.42 Å². The predicted octanol–water partition coefficient (Wildman–Crippen LogP) is 9.47. The summed E-state index contributed by atoms with van der Waals surface area (Å²) >= 11 is 21.5. The van der Waals surface area contributed by atoms with Crippen LogP contribution in [0.3, 0.4) is 0 Å². The first-order valence-corrected chi connectivity index (χ1v) is 14.5. The lowest BCUT2D eigenvalue weighted by Crippen LogP contribution is -2.54. The summed E-state index contributed by atoms with van der Waals surface area (Å²) in [7, 11) is 0. The number of rotatable bonds is 5. The number of carbonyl (C=O) groups is 1. The molecule has 1 aliphatic carbocycles. The second-order valence-electron chi connectivity index (χ2n) is 10.8. The summed E-state index contributed by atoms with van der Waals surface area (Å²) in [4.78, 5) is 18.3. The van der Waals surface area contributed by atoms with Crippen LogP contribution in [0.5, 0.6) is 0 Å². The average Bonchev–Trinajstić information content (AvgIpc) is 3.26. The van der Waals surface area contributed by atoms with Crippen molar-refractivity contribution in [1.82, 2.24) is 0 Å². The number of hydrogen-bond donors (Lipinski definition) is 0. The molecule has 2 aromatic carbocycles. The molecular weight excluding hydrogens is 645 g/mol. The molecule has 1 aliphatic heterocycles. The van der Waals surface area contributed by atoms with Gasteiger partial charge in [-0.1, -0.05) is 68.1 Å². The molecule has 0 spiro atoms. The van der Waals surface area contributed by atoms with Gasteiger partial charge in [-0.3, -0.25) is 9.79 Å². The number of aliphatic imine (C=N–C) groups is 1. The van der Waals surface area contributed by atoms with Crippen molar-refractivity contribution in [1.29, 1.82) is 0 Å². The van der Waals surface area contributed by atoms with Gasteiger partial charge in [0.05, 0.1) is 31.8 Å². The zero-order chi connectivity index (χ0) is 28.9. The molecule has 0 saturated heterocycles. The molecule has 4 rings (SSSR count). The molecule has 2 aromatic rings. The molecule has 0 bridgehead atoms. The van der Waals surface area contributed by atoms with Crippen molar-refractivity contribution in [2.45, 2.75) is 57.7 Å². The van der Waals surface area contributed by atoms with Gasteiger partial charge in [0.1, 0.15) is 23.3 Å². The number of benzene rings is 2. The van der Waals surface area contributed by atoms with Crippen LogP contribution in [-0.2, 0) is 14.9 Å².